The number of benzene rings is 1. The van der Waals surface area contributed by atoms with Crippen LogP contribution in [0.4, 0.5) is 11.5 Å². The molecule has 0 saturated carbocycles. The van der Waals surface area contributed by atoms with Gasteiger partial charge in [-0.2, -0.15) is 5.26 Å². The predicted octanol–water partition coefficient (Wildman–Crippen LogP) is 2.93. The van der Waals surface area contributed by atoms with Crippen molar-refractivity contribution in [2.24, 2.45) is 0 Å². The van der Waals surface area contributed by atoms with E-state index in [0.717, 1.165) is 49.1 Å². The van der Waals surface area contributed by atoms with Crippen LogP contribution in [0.15, 0.2) is 48.7 Å². The lowest BCUT2D eigenvalue weighted by molar-refractivity contribution is 0.340. The van der Waals surface area contributed by atoms with Gasteiger partial charge in [-0.15, -0.1) is 0 Å². The molecule has 1 aliphatic rings. The number of piperazine rings is 1. The summed E-state index contributed by atoms with van der Waals surface area (Å²) < 4.78 is 7.62. The maximum absolute atomic E-state index is 9.60. The van der Waals surface area contributed by atoms with Gasteiger partial charge in [0.25, 0.3) is 0 Å². The van der Waals surface area contributed by atoms with E-state index in [2.05, 4.69) is 26.9 Å². The Bertz CT molecular complexity index is 950. The molecule has 3 heterocycles. The first-order valence-electron chi connectivity index (χ1n) is 8.90. The van der Waals surface area contributed by atoms with Crippen molar-refractivity contribution in [2.45, 2.75) is 6.92 Å². The summed E-state index contributed by atoms with van der Waals surface area (Å²) in [5.41, 5.74) is 2.54. The third kappa shape index (κ3) is 2.82. The molecule has 1 fully saturated rings. The van der Waals surface area contributed by atoms with Crippen LogP contribution in [-0.4, -0.2) is 42.2 Å². The highest BCUT2D eigenvalue weighted by molar-refractivity contribution is 5.63. The van der Waals surface area contributed by atoms with Crippen LogP contribution in [0, 0.1) is 11.3 Å². The van der Waals surface area contributed by atoms with Gasteiger partial charge in [0, 0.05) is 32.4 Å². The SMILES string of the molecule is CCOc1ccccc1N1CCN(c2nc3ccccn3c2C#N)CC1. The number of hydrogen-bond acceptors (Lipinski definition) is 5. The number of para-hydroxylation sites is 2. The average Bonchev–Trinajstić information content (AvgIpc) is 3.07. The van der Waals surface area contributed by atoms with Crippen LogP contribution in [0.1, 0.15) is 12.6 Å². The molecule has 1 aromatic carbocycles. The van der Waals surface area contributed by atoms with Crippen LogP contribution >= 0.6 is 0 Å². The number of rotatable bonds is 4. The lowest BCUT2D eigenvalue weighted by atomic mass is 10.2. The molecule has 0 atom stereocenters. The molecule has 0 amide bonds. The Morgan fingerprint density at radius 2 is 1.77 bits per heavy atom. The van der Waals surface area contributed by atoms with E-state index in [0.29, 0.717) is 12.3 Å². The minimum Gasteiger partial charge on any atom is -0.492 e. The summed E-state index contributed by atoms with van der Waals surface area (Å²) in [5, 5.41) is 9.60. The third-order valence-corrected chi connectivity index (χ3v) is 4.70. The number of anilines is 2. The fourth-order valence-electron chi connectivity index (χ4n) is 3.46. The van der Waals surface area contributed by atoms with Gasteiger partial charge in [-0.05, 0) is 31.2 Å². The molecule has 26 heavy (non-hydrogen) atoms. The van der Waals surface area contributed by atoms with Crippen LogP contribution in [0.2, 0.25) is 0 Å². The van der Waals surface area contributed by atoms with Crippen molar-refractivity contribution < 1.29 is 4.74 Å². The van der Waals surface area contributed by atoms with Crippen LogP contribution in [0.5, 0.6) is 5.75 Å². The molecule has 6 heteroatoms. The summed E-state index contributed by atoms with van der Waals surface area (Å²) in [6, 6.07) is 16.3. The molecule has 132 valence electrons. The number of hydrogen-bond donors (Lipinski definition) is 0. The second-order valence-corrected chi connectivity index (χ2v) is 6.20. The molecule has 0 bridgehead atoms. The van der Waals surface area contributed by atoms with E-state index < -0.39 is 0 Å². The monoisotopic (exact) mass is 347 g/mol. The Kier molecular flexibility index (Phi) is 4.36. The second-order valence-electron chi connectivity index (χ2n) is 6.20. The van der Waals surface area contributed by atoms with Gasteiger partial charge >= 0.3 is 0 Å². The molecule has 0 N–H and O–H groups in total. The Labute approximate surface area is 152 Å². The van der Waals surface area contributed by atoms with Gasteiger partial charge in [-0.3, -0.25) is 4.40 Å². The Balaban J connectivity index is 1.56. The summed E-state index contributed by atoms with van der Waals surface area (Å²) in [6.45, 7) is 6.02. The van der Waals surface area contributed by atoms with E-state index in [1.54, 1.807) is 0 Å². The minimum absolute atomic E-state index is 0.601. The van der Waals surface area contributed by atoms with Crippen molar-refractivity contribution in [3.05, 3.63) is 54.4 Å². The Morgan fingerprint density at radius 3 is 2.54 bits per heavy atom. The zero-order valence-electron chi connectivity index (χ0n) is 14.8. The fourth-order valence-corrected chi connectivity index (χ4v) is 3.46. The molecular weight excluding hydrogens is 326 g/mol. The fraction of sp³-hybridized carbons (Fsp3) is 0.300. The van der Waals surface area contributed by atoms with Gasteiger partial charge in [0.15, 0.2) is 11.5 Å². The minimum atomic E-state index is 0.601. The molecule has 4 rings (SSSR count). The summed E-state index contributed by atoms with van der Waals surface area (Å²) in [4.78, 5) is 9.21. The number of imidazole rings is 1. The van der Waals surface area contributed by atoms with E-state index >= 15 is 0 Å². The molecule has 0 radical (unpaired) electrons. The number of nitrogens with zero attached hydrogens (tertiary/aromatic N) is 5. The summed E-state index contributed by atoms with van der Waals surface area (Å²) >= 11 is 0. The first-order valence-corrected chi connectivity index (χ1v) is 8.90. The molecule has 1 saturated heterocycles. The number of aromatic nitrogens is 2. The van der Waals surface area contributed by atoms with Crippen molar-refractivity contribution in [2.75, 3.05) is 42.6 Å². The Morgan fingerprint density at radius 1 is 1.04 bits per heavy atom. The second kappa shape index (κ2) is 6.96. The van der Waals surface area contributed by atoms with E-state index in [1.807, 2.05) is 53.9 Å². The highest BCUT2D eigenvalue weighted by Gasteiger charge is 2.24. The average molecular weight is 347 g/mol. The molecule has 2 aromatic heterocycles. The van der Waals surface area contributed by atoms with Crippen LogP contribution in [-0.2, 0) is 0 Å². The van der Waals surface area contributed by atoms with Gasteiger partial charge in [0.1, 0.15) is 17.5 Å². The zero-order valence-corrected chi connectivity index (χ0v) is 14.8. The normalized spacial score (nSPS) is 14.5. The first kappa shape index (κ1) is 16.3. The van der Waals surface area contributed by atoms with Crippen molar-refractivity contribution in [1.29, 1.82) is 5.26 Å². The van der Waals surface area contributed by atoms with Gasteiger partial charge in [0.05, 0.1) is 12.3 Å². The topological polar surface area (TPSA) is 56.8 Å². The molecule has 3 aromatic rings. The number of ether oxygens (including phenoxy) is 1. The molecule has 6 nitrogen and oxygen atoms in total. The molecular formula is C20H21N5O. The van der Waals surface area contributed by atoms with Crippen molar-refractivity contribution in [3.8, 4) is 11.8 Å². The van der Waals surface area contributed by atoms with Crippen LogP contribution in [0.25, 0.3) is 5.65 Å². The Hall–Kier alpha value is -3.20. The quantitative estimate of drug-likeness (QED) is 0.726. The van der Waals surface area contributed by atoms with Crippen molar-refractivity contribution in [1.82, 2.24) is 9.38 Å². The van der Waals surface area contributed by atoms with E-state index in [4.69, 9.17) is 4.74 Å². The first-order chi connectivity index (χ1) is 12.8. The number of fused-ring (bicyclic) bond motifs is 1. The molecule has 0 aliphatic carbocycles. The highest BCUT2D eigenvalue weighted by atomic mass is 16.5. The standard InChI is InChI=1S/C20H21N5O/c1-2-26-18-8-4-3-7-16(18)23-11-13-24(14-12-23)20-17(15-21)25-10-6-5-9-19(25)22-20/h3-10H,2,11-14H2,1H3. The van der Waals surface area contributed by atoms with Crippen molar-refractivity contribution in [3.63, 3.8) is 0 Å². The largest absolute Gasteiger partial charge is 0.492 e. The van der Waals surface area contributed by atoms with Gasteiger partial charge in [-0.25, -0.2) is 4.98 Å². The van der Waals surface area contributed by atoms with E-state index in [1.165, 1.54) is 0 Å². The predicted molar refractivity (Wildman–Crippen MR) is 102 cm³/mol. The summed E-state index contributed by atoms with van der Waals surface area (Å²) in [7, 11) is 0. The summed E-state index contributed by atoms with van der Waals surface area (Å²) in [6.07, 6.45) is 1.89. The van der Waals surface area contributed by atoms with E-state index in [9.17, 15) is 5.26 Å². The van der Waals surface area contributed by atoms with Crippen LogP contribution < -0.4 is 14.5 Å². The lowest BCUT2D eigenvalue weighted by Crippen LogP contribution is -2.47. The highest BCUT2D eigenvalue weighted by Crippen LogP contribution is 2.30. The number of pyridine rings is 1. The smallest absolute Gasteiger partial charge is 0.169 e. The lowest BCUT2D eigenvalue weighted by Gasteiger charge is -2.36. The van der Waals surface area contributed by atoms with Gasteiger partial charge < -0.3 is 14.5 Å². The maximum Gasteiger partial charge on any atom is 0.169 e. The molecule has 0 unspecified atom stereocenters. The third-order valence-electron chi connectivity index (χ3n) is 4.70. The zero-order chi connectivity index (χ0) is 17.9. The molecule has 1 aliphatic heterocycles. The van der Waals surface area contributed by atoms with Gasteiger partial charge in [0.2, 0.25) is 0 Å². The number of nitriles is 1. The maximum atomic E-state index is 9.60. The van der Waals surface area contributed by atoms with E-state index in [-0.39, 0.29) is 0 Å². The van der Waals surface area contributed by atoms with Crippen molar-refractivity contribution >= 4 is 17.2 Å². The van der Waals surface area contributed by atoms with Gasteiger partial charge in [-0.1, -0.05) is 18.2 Å². The van der Waals surface area contributed by atoms with Crippen LogP contribution in [0.3, 0.4) is 0 Å². The molecule has 0 spiro atoms. The summed E-state index contributed by atoms with van der Waals surface area (Å²) in [5.74, 6) is 1.70.